The third kappa shape index (κ3) is 5.06. The summed E-state index contributed by atoms with van der Waals surface area (Å²) in [5.41, 5.74) is 2.97. The molecule has 3 heterocycles. The van der Waals surface area contributed by atoms with Gasteiger partial charge in [-0.05, 0) is 50.6 Å². The molecule has 7 nitrogen and oxygen atoms in total. The van der Waals surface area contributed by atoms with Crippen LogP contribution in [0.3, 0.4) is 0 Å². The van der Waals surface area contributed by atoms with Crippen LogP contribution in [0, 0.1) is 12.8 Å². The first-order valence-corrected chi connectivity index (χ1v) is 9.97. The van der Waals surface area contributed by atoms with Gasteiger partial charge in [-0.1, -0.05) is 28.9 Å². The fraction of sp³-hybridized carbons (Fsp3) is 0.364. The minimum absolute atomic E-state index is 0.0315. The molecule has 1 N–H and O–H groups in total. The highest BCUT2D eigenvalue weighted by atomic mass is 16.5. The molecule has 1 amide bonds. The molecule has 0 saturated carbocycles. The largest absolute Gasteiger partial charge is 0.350 e. The zero-order chi connectivity index (χ0) is 20.1. The molecular weight excluding hydrogens is 366 g/mol. The van der Waals surface area contributed by atoms with Gasteiger partial charge in [0.1, 0.15) is 0 Å². The SMILES string of the molecule is Cc1ccc(-c2nc(CN3CCC[C@H](C(=O)NCc4ccccn4)C3)no2)cc1. The van der Waals surface area contributed by atoms with Crippen LogP contribution in [0.2, 0.25) is 0 Å². The van der Waals surface area contributed by atoms with Crippen LogP contribution in [0.1, 0.15) is 29.9 Å². The fourth-order valence-electron chi connectivity index (χ4n) is 3.57. The molecule has 1 atom stereocenters. The Morgan fingerprint density at radius 3 is 2.90 bits per heavy atom. The van der Waals surface area contributed by atoms with Gasteiger partial charge in [0.2, 0.25) is 5.91 Å². The van der Waals surface area contributed by atoms with E-state index in [2.05, 4.69) is 25.3 Å². The molecule has 150 valence electrons. The maximum absolute atomic E-state index is 12.6. The lowest BCUT2D eigenvalue weighted by Gasteiger charge is -2.31. The monoisotopic (exact) mass is 391 g/mol. The zero-order valence-corrected chi connectivity index (χ0v) is 16.5. The number of carbonyl (C=O) groups is 1. The molecular formula is C22H25N5O2. The Hall–Kier alpha value is -3.06. The minimum Gasteiger partial charge on any atom is -0.350 e. The van der Waals surface area contributed by atoms with Crippen molar-refractivity contribution >= 4 is 5.91 Å². The van der Waals surface area contributed by atoms with Gasteiger partial charge in [0.25, 0.3) is 5.89 Å². The van der Waals surface area contributed by atoms with E-state index in [4.69, 9.17) is 4.52 Å². The van der Waals surface area contributed by atoms with Crippen LogP contribution in [-0.2, 0) is 17.9 Å². The lowest BCUT2D eigenvalue weighted by Crippen LogP contribution is -2.42. The van der Waals surface area contributed by atoms with Crippen molar-refractivity contribution in [3.63, 3.8) is 0 Å². The normalized spacial score (nSPS) is 17.2. The van der Waals surface area contributed by atoms with Gasteiger partial charge < -0.3 is 9.84 Å². The Kier molecular flexibility index (Phi) is 5.95. The molecule has 0 unspecified atom stereocenters. The smallest absolute Gasteiger partial charge is 0.257 e. The third-order valence-electron chi connectivity index (χ3n) is 5.18. The van der Waals surface area contributed by atoms with Crippen LogP contribution in [0.25, 0.3) is 11.5 Å². The minimum atomic E-state index is -0.0315. The van der Waals surface area contributed by atoms with Gasteiger partial charge in [0, 0.05) is 18.3 Å². The predicted octanol–water partition coefficient (Wildman–Crippen LogP) is 2.97. The summed E-state index contributed by atoms with van der Waals surface area (Å²) >= 11 is 0. The number of nitrogens with zero attached hydrogens (tertiary/aromatic N) is 4. The average Bonchev–Trinajstić information content (AvgIpc) is 3.22. The third-order valence-corrected chi connectivity index (χ3v) is 5.18. The second-order valence-corrected chi connectivity index (χ2v) is 7.49. The van der Waals surface area contributed by atoms with Gasteiger partial charge in [0.15, 0.2) is 5.82 Å². The van der Waals surface area contributed by atoms with Gasteiger partial charge in [-0.15, -0.1) is 0 Å². The fourth-order valence-corrected chi connectivity index (χ4v) is 3.57. The second kappa shape index (κ2) is 8.96. The van der Waals surface area contributed by atoms with Crippen molar-refractivity contribution in [1.29, 1.82) is 0 Å². The molecule has 2 aromatic heterocycles. The van der Waals surface area contributed by atoms with Crippen molar-refractivity contribution in [2.24, 2.45) is 5.92 Å². The predicted molar refractivity (Wildman–Crippen MR) is 109 cm³/mol. The number of hydrogen-bond acceptors (Lipinski definition) is 6. The number of amides is 1. The lowest BCUT2D eigenvalue weighted by atomic mass is 9.97. The first-order chi connectivity index (χ1) is 14.2. The Morgan fingerprint density at radius 2 is 2.10 bits per heavy atom. The molecule has 0 spiro atoms. The Bertz CT molecular complexity index is 939. The maximum Gasteiger partial charge on any atom is 0.257 e. The number of rotatable bonds is 6. The molecule has 1 aromatic carbocycles. The van der Waals surface area contributed by atoms with Crippen molar-refractivity contribution in [2.75, 3.05) is 13.1 Å². The number of aromatic nitrogens is 3. The highest BCUT2D eigenvalue weighted by Gasteiger charge is 2.26. The molecule has 4 rings (SSSR count). The van der Waals surface area contributed by atoms with Crippen LogP contribution >= 0.6 is 0 Å². The topological polar surface area (TPSA) is 84.2 Å². The average molecular weight is 391 g/mol. The Balaban J connectivity index is 1.32. The molecule has 7 heteroatoms. The van der Waals surface area contributed by atoms with Gasteiger partial charge in [-0.2, -0.15) is 4.98 Å². The summed E-state index contributed by atoms with van der Waals surface area (Å²) in [6.07, 6.45) is 3.61. The quantitative estimate of drug-likeness (QED) is 0.695. The summed E-state index contributed by atoms with van der Waals surface area (Å²) in [6.45, 7) is 4.71. The number of hydrogen-bond donors (Lipinski definition) is 1. The van der Waals surface area contributed by atoms with E-state index >= 15 is 0 Å². The molecule has 1 saturated heterocycles. The van der Waals surface area contributed by atoms with E-state index in [1.807, 2.05) is 49.4 Å². The zero-order valence-electron chi connectivity index (χ0n) is 16.5. The van der Waals surface area contributed by atoms with Crippen molar-refractivity contribution in [3.8, 4) is 11.5 Å². The summed E-state index contributed by atoms with van der Waals surface area (Å²) in [5, 5.41) is 7.12. The van der Waals surface area contributed by atoms with Crippen LogP contribution in [0.15, 0.2) is 53.2 Å². The van der Waals surface area contributed by atoms with Crippen LogP contribution < -0.4 is 5.32 Å². The van der Waals surface area contributed by atoms with E-state index in [-0.39, 0.29) is 11.8 Å². The number of aryl methyl sites for hydroxylation is 1. The van der Waals surface area contributed by atoms with E-state index in [0.29, 0.717) is 31.3 Å². The molecule has 0 radical (unpaired) electrons. The summed E-state index contributed by atoms with van der Waals surface area (Å²) < 4.78 is 5.42. The van der Waals surface area contributed by atoms with Crippen LogP contribution in [0.4, 0.5) is 0 Å². The van der Waals surface area contributed by atoms with Gasteiger partial charge in [-0.25, -0.2) is 0 Å². The molecule has 3 aromatic rings. The first-order valence-electron chi connectivity index (χ1n) is 9.97. The van der Waals surface area contributed by atoms with E-state index in [0.717, 1.165) is 30.6 Å². The Morgan fingerprint density at radius 1 is 1.24 bits per heavy atom. The lowest BCUT2D eigenvalue weighted by molar-refractivity contribution is -0.127. The maximum atomic E-state index is 12.6. The molecule has 0 bridgehead atoms. The number of carbonyl (C=O) groups excluding carboxylic acids is 1. The second-order valence-electron chi connectivity index (χ2n) is 7.49. The van der Waals surface area contributed by atoms with E-state index in [9.17, 15) is 4.79 Å². The summed E-state index contributed by atoms with van der Waals surface area (Å²) in [6, 6.07) is 13.7. The van der Waals surface area contributed by atoms with Crippen molar-refractivity contribution in [3.05, 3.63) is 65.7 Å². The van der Waals surface area contributed by atoms with Crippen molar-refractivity contribution in [2.45, 2.75) is 32.9 Å². The molecule has 0 aliphatic carbocycles. The summed E-state index contributed by atoms with van der Waals surface area (Å²) in [4.78, 5) is 23.6. The molecule has 1 aliphatic heterocycles. The first kappa shape index (κ1) is 19.3. The van der Waals surface area contributed by atoms with Gasteiger partial charge in [-0.3, -0.25) is 14.7 Å². The van der Waals surface area contributed by atoms with E-state index in [1.54, 1.807) is 6.20 Å². The molecule has 1 fully saturated rings. The van der Waals surface area contributed by atoms with Crippen molar-refractivity contribution < 1.29 is 9.32 Å². The number of benzene rings is 1. The van der Waals surface area contributed by atoms with Gasteiger partial charge in [0.05, 0.1) is 24.7 Å². The molecule has 29 heavy (non-hydrogen) atoms. The summed E-state index contributed by atoms with van der Waals surface area (Å²) in [5.74, 6) is 1.22. The standard InChI is InChI=1S/C22H25N5O2/c1-16-7-9-17(10-8-16)22-25-20(26-29-22)15-27-12-4-5-18(14-27)21(28)24-13-19-6-2-3-11-23-19/h2-3,6-11,18H,4-5,12-15H2,1H3,(H,24,28)/t18-/m0/s1. The molecule has 1 aliphatic rings. The number of pyridine rings is 1. The number of nitrogens with one attached hydrogen (secondary N) is 1. The summed E-state index contributed by atoms with van der Waals surface area (Å²) in [7, 11) is 0. The van der Waals surface area contributed by atoms with Crippen LogP contribution in [0.5, 0.6) is 0 Å². The highest BCUT2D eigenvalue weighted by Crippen LogP contribution is 2.21. The van der Waals surface area contributed by atoms with E-state index in [1.165, 1.54) is 5.56 Å². The van der Waals surface area contributed by atoms with Crippen molar-refractivity contribution in [1.82, 2.24) is 25.3 Å². The number of likely N-dealkylation sites (tertiary alicyclic amines) is 1. The Labute approximate surface area is 170 Å². The van der Waals surface area contributed by atoms with E-state index < -0.39 is 0 Å². The van der Waals surface area contributed by atoms with Gasteiger partial charge >= 0.3 is 0 Å². The van der Waals surface area contributed by atoms with Crippen LogP contribution in [-0.4, -0.2) is 39.0 Å². The number of piperidine rings is 1. The highest BCUT2D eigenvalue weighted by molar-refractivity contribution is 5.78.